The van der Waals surface area contributed by atoms with Crippen molar-refractivity contribution >= 4 is 39.3 Å². The largest absolute Gasteiger partial charge is 0.351 e. The number of benzene rings is 2. The first-order valence-corrected chi connectivity index (χ1v) is 13.5. The van der Waals surface area contributed by atoms with Crippen LogP contribution in [0, 0.1) is 5.82 Å². The van der Waals surface area contributed by atoms with Crippen molar-refractivity contribution < 1.29 is 22.4 Å². The molecule has 0 bridgehead atoms. The van der Waals surface area contributed by atoms with Gasteiger partial charge < -0.3 is 5.32 Å². The predicted molar refractivity (Wildman–Crippen MR) is 132 cm³/mol. The fourth-order valence-electron chi connectivity index (χ4n) is 4.30. The fraction of sp³-hybridized carbons (Fsp3) is 0.417. The van der Waals surface area contributed by atoms with E-state index in [1.807, 2.05) is 0 Å². The lowest BCUT2D eigenvalue weighted by Gasteiger charge is -2.34. The molecule has 2 fully saturated rings. The molecule has 0 aromatic heterocycles. The molecule has 11 heteroatoms. The van der Waals surface area contributed by atoms with Crippen LogP contribution in [0.2, 0.25) is 5.02 Å². The van der Waals surface area contributed by atoms with E-state index in [2.05, 4.69) is 10.0 Å². The van der Waals surface area contributed by atoms with Crippen molar-refractivity contribution in [2.45, 2.75) is 44.2 Å². The second-order valence-electron chi connectivity index (χ2n) is 8.74. The number of carbonyl (C=O) groups excluding carboxylic acids is 2. The average molecular weight is 523 g/mol. The van der Waals surface area contributed by atoms with Crippen LogP contribution in [0.4, 0.5) is 10.1 Å². The molecule has 0 radical (unpaired) electrons. The maximum atomic E-state index is 14.2. The molecule has 188 valence electrons. The van der Waals surface area contributed by atoms with E-state index in [1.54, 1.807) is 24.3 Å². The average Bonchev–Trinajstić information content (AvgIpc) is 3.69. The van der Waals surface area contributed by atoms with Gasteiger partial charge in [0.25, 0.3) is 10.2 Å². The molecule has 4 rings (SSSR count). The number of anilines is 1. The van der Waals surface area contributed by atoms with Crippen LogP contribution in [-0.2, 0) is 19.8 Å². The first-order valence-electron chi connectivity index (χ1n) is 11.6. The molecule has 2 amide bonds. The molecule has 35 heavy (non-hydrogen) atoms. The smallest absolute Gasteiger partial charge is 0.280 e. The third-order valence-corrected chi connectivity index (χ3v) is 8.06. The molecule has 1 atom stereocenters. The van der Waals surface area contributed by atoms with E-state index in [1.165, 1.54) is 22.5 Å². The Labute approximate surface area is 209 Å². The van der Waals surface area contributed by atoms with Crippen LogP contribution in [0.3, 0.4) is 0 Å². The molecule has 0 unspecified atom stereocenters. The molecule has 1 aliphatic heterocycles. The normalized spacial score (nSPS) is 17.5. The summed E-state index contributed by atoms with van der Waals surface area (Å²) in [6.07, 6.45) is 4.74. The molecule has 0 spiro atoms. The minimum Gasteiger partial charge on any atom is -0.351 e. The van der Waals surface area contributed by atoms with E-state index in [-0.39, 0.29) is 16.8 Å². The molecule has 1 saturated heterocycles. The second kappa shape index (κ2) is 11.0. The molecule has 2 N–H and O–H groups in total. The molecular formula is C24H28ClFN4O4S. The Bertz CT molecular complexity index is 1190. The number of hydrogen-bond donors (Lipinski definition) is 2. The monoisotopic (exact) mass is 522 g/mol. The van der Waals surface area contributed by atoms with Crippen molar-refractivity contribution in [1.82, 2.24) is 14.3 Å². The molecule has 1 aliphatic carbocycles. The minimum absolute atomic E-state index is 0.0492. The Morgan fingerprint density at radius 1 is 1.09 bits per heavy atom. The summed E-state index contributed by atoms with van der Waals surface area (Å²) in [4.78, 5) is 28.3. The van der Waals surface area contributed by atoms with Crippen molar-refractivity contribution in [1.29, 1.82) is 0 Å². The Morgan fingerprint density at radius 3 is 2.46 bits per heavy atom. The van der Waals surface area contributed by atoms with Crippen LogP contribution in [0.15, 0.2) is 48.5 Å². The fourth-order valence-corrected chi connectivity index (χ4v) is 5.58. The van der Waals surface area contributed by atoms with Gasteiger partial charge in [0, 0.05) is 35.4 Å². The van der Waals surface area contributed by atoms with Gasteiger partial charge in [-0.05, 0) is 37.1 Å². The highest BCUT2D eigenvalue weighted by molar-refractivity contribution is 7.87. The summed E-state index contributed by atoms with van der Waals surface area (Å²) >= 11 is 6.46. The molecule has 1 saturated carbocycles. The van der Waals surface area contributed by atoms with Crippen molar-refractivity contribution in [2.24, 2.45) is 0 Å². The molecule has 2 aromatic carbocycles. The highest BCUT2D eigenvalue weighted by Crippen LogP contribution is 2.33. The number of carbonyl (C=O) groups is 2. The van der Waals surface area contributed by atoms with Gasteiger partial charge in [-0.1, -0.05) is 55.1 Å². The van der Waals surface area contributed by atoms with Crippen LogP contribution < -0.4 is 14.9 Å². The Balaban J connectivity index is 1.71. The first kappa shape index (κ1) is 25.6. The van der Waals surface area contributed by atoms with E-state index in [0.717, 1.165) is 43.1 Å². The van der Waals surface area contributed by atoms with Crippen LogP contribution in [-0.4, -0.2) is 50.2 Å². The molecule has 1 heterocycles. The van der Waals surface area contributed by atoms with Crippen LogP contribution in [0.25, 0.3) is 0 Å². The standard InChI is InChI=1S/C24H28ClFN4O4S/c25-21-12-5-4-11-20(21)23(24(32)28-18-8-2-1-3-9-18)30(19-10-6-7-17(26)15-19)22(31)16-27-35(33,34)29-13-14-29/h4-7,10-12,15,18,23,27H,1-3,8-9,13-14,16H2,(H,28,32)/t23-/m1/s1. The lowest BCUT2D eigenvalue weighted by molar-refractivity contribution is -0.127. The maximum Gasteiger partial charge on any atom is 0.280 e. The topological polar surface area (TPSA) is 98.6 Å². The zero-order valence-corrected chi connectivity index (χ0v) is 20.7. The lowest BCUT2D eigenvalue weighted by atomic mass is 9.94. The van der Waals surface area contributed by atoms with Crippen molar-refractivity contribution in [2.75, 3.05) is 24.5 Å². The van der Waals surface area contributed by atoms with Gasteiger partial charge in [0.2, 0.25) is 11.8 Å². The van der Waals surface area contributed by atoms with Crippen LogP contribution in [0.1, 0.15) is 43.7 Å². The van der Waals surface area contributed by atoms with Gasteiger partial charge in [0.1, 0.15) is 11.9 Å². The number of hydrogen-bond acceptors (Lipinski definition) is 4. The van der Waals surface area contributed by atoms with Gasteiger partial charge in [-0.3, -0.25) is 14.5 Å². The van der Waals surface area contributed by atoms with E-state index in [4.69, 9.17) is 11.6 Å². The summed E-state index contributed by atoms with van der Waals surface area (Å²) in [6, 6.07) is 10.6. The second-order valence-corrected chi connectivity index (χ2v) is 10.9. The number of nitrogens with one attached hydrogen (secondary N) is 2. The summed E-state index contributed by atoms with van der Waals surface area (Å²) in [5, 5.41) is 3.29. The SMILES string of the molecule is O=C(NC1CCCCC1)[C@@H](c1ccccc1Cl)N(C(=O)CNS(=O)(=O)N1CC1)c1cccc(F)c1. The number of nitrogens with zero attached hydrogens (tertiary/aromatic N) is 2. The number of amides is 2. The van der Waals surface area contributed by atoms with E-state index < -0.39 is 40.4 Å². The third-order valence-electron chi connectivity index (χ3n) is 6.16. The van der Waals surface area contributed by atoms with Crippen LogP contribution in [0.5, 0.6) is 0 Å². The molecular weight excluding hydrogens is 495 g/mol. The summed E-state index contributed by atoms with van der Waals surface area (Å²) < 4.78 is 42.2. The first-order chi connectivity index (χ1) is 16.8. The Morgan fingerprint density at radius 2 is 1.80 bits per heavy atom. The highest BCUT2D eigenvalue weighted by atomic mass is 35.5. The van der Waals surface area contributed by atoms with Crippen molar-refractivity contribution in [3.63, 3.8) is 0 Å². The van der Waals surface area contributed by atoms with Gasteiger partial charge in [-0.15, -0.1) is 0 Å². The van der Waals surface area contributed by atoms with Gasteiger partial charge in [-0.2, -0.15) is 17.4 Å². The third kappa shape index (κ3) is 6.38. The predicted octanol–water partition coefficient (Wildman–Crippen LogP) is 3.15. The Hall–Kier alpha value is -2.53. The summed E-state index contributed by atoms with van der Waals surface area (Å²) in [5.41, 5.74) is 0.471. The zero-order chi connectivity index (χ0) is 25.0. The summed E-state index contributed by atoms with van der Waals surface area (Å²) in [7, 11) is -3.81. The minimum atomic E-state index is -3.81. The van der Waals surface area contributed by atoms with E-state index >= 15 is 0 Å². The Kier molecular flexibility index (Phi) is 8.05. The molecule has 8 nitrogen and oxygen atoms in total. The van der Waals surface area contributed by atoms with Crippen molar-refractivity contribution in [3.05, 3.63) is 64.9 Å². The quantitative estimate of drug-likeness (QED) is 0.494. The van der Waals surface area contributed by atoms with Gasteiger partial charge in [0.15, 0.2) is 0 Å². The summed E-state index contributed by atoms with van der Waals surface area (Å²) in [5.74, 6) is -1.78. The van der Waals surface area contributed by atoms with Crippen molar-refractivity contribution in [3.8, 4) is 0 Å². The van der Waals surface area contributed by atoms with Crippen LogP contribution >= 0.6 is 11.6 Å². The number of rotatable bonds is 9. The number of halogens is 2. The molecule has 2 aliphatic rings. The van der Waals surface area contributed by atoms with E-state index in [9.17, 15) is 22.4 Å². The maximum absolute atomic E-state index is 14.2. The summed E-state index contributed by atoms with van der Waals surface area (Å²) in [6.45, 7) is 0.152. The zero-order valence-electron chi connectivity index (χ0n) is 19.1. The van der Waals surface area contributed by atoms with E-state index in [0.29, 0.717) is 18.7 Å². The van der Waals surface area contributed by atoms with Gasteiger partial charge in [0.05, 0.1) is 6.54 Å². The van der Waals surface area contributed by atoms with Gasteiger partial charge in [-0.25, -0.2) is 4.39 Å². The lowest BCUT2D eigenvalue weighted by Crippen LogP contribution is -2.50. The van der Waals surface area contributed by atoms with Gasteiger partial charge >= 0.3 is 0 Å². The molecule has 2 aromatic rings. The highest BCUT2D eigenvalue weighted by Gasteiger charge is 2.37.